The van der Waals surface area contributed by atoms with Gasteiger partial charge in [-0.3, -0.25) is 4.79 Å². The van der Waals surface area contributed by atoms with E-state index < -0.39 is 11.6 Å². The van der Waals surface area contributed by atoms with Crippen LogP contribution in [0.3, 0.4) is 0 Å². The molecule has 0 radical (unpaired) electrons. The number of halogens is 2. The Balaban J connectivity index is 2.04. The van der Waals surface area contributed by atoms with Gasteiger partial charge >= 0.3 is 0 Å². The summed E-state index contributed by atoms with van der Waals surface area (Å²) in [5.41, 5.74) is 0.367. The van der Waals surface area contributed by atoms with E-state index in [2.05, 4.69) is 5.32 Å². The maximum atomic E-state index is 13.9. The van der Waals surface area contributed by atoms with Crippen molar-refractivity contribution < 1.29 is 13.6 Å². The number of amides is 1. The minimum atomic E-state index is -0.572. The first kappa shape index (κ1) is 13.8. The van der Waals surface area contributed by atoms with Crippen molar-refractivity contribution in [1.29, 1.82) is 0 Å². The summed E-state index contributed by atoms with van der Waals surface area (Å²) in [6.07, 6.45) is 1.40. The van der Waals surface area contributed by atoms with E-state index in [0.29, 0.717) is 31.5 Å². The molecule has 1 saturated heterocycles. The summed E-state index contributed by atoms with van der Waals surface area (Å²) >= 11 is 0. The first-order valence-electron chi connectivity index (χ1n) is 6.45. The van der Waals surface area contributed by atoms with Gasteiger partial charge in [0.25, 0.3) is 0 Å². The van der Waals surface area contributed by atoms with Crippen LogP contribution >= 0.6 is 0 Å². The van der Waals surface area contributed by atoms with Crippen LogP contribution < -0.4 is 5.32 Å². The molecular weight excluding hydrogens is 250 g/mol. The van der Waals surface area contributed by atoms with Crippen LogP contribution in [0.2, 0.25) is 0 Å². The van der Waals surface area contributed by atoms with Gasteiger partial charge in [0.05, 0.1) is 0 Å². The van der Waals surface area contributed by atoms with Gasteiger partial charge in [-0.2, -0.15) is 0 Å². The molecule has 19 heavy (non-hydrogen) atoms. The first-order valence-corrected chi connectivity index (χ1v) is 6.45. The molecule has 0 aromatic heterocycles. The molecule has 1 aromatic rings. The minimum Gasteiger partial charge on any atom is -0.377 e. The second-order valence-corrected chi connectivity index (χ2v) is 4.98. The second kappa shape index (κ2) is 5.55. The number of piperidine rings is 1. The van der Waals surface area contributed by atoms with Gasteiger partial charge in [-0.25, -0.2) is 8.78 Å². The Bertz CT molecular complexity index is 483. The van der Waals surface area contributed by atoms with Crippen LogP contribution in [0.25, 0.3) is 0 Å². The minimum absolute atomic E-state index is 0.00130. The SMILES string of the molecule is CC(=O)N1CCC(Nc2c(F)ccc(C)c2F)CC1. The lowest BCUT2D eigenvalue weighted by atomic mass is 10.0. The fourth-order valence-electron chi connectivity index (χ4n) is 2.33. The van der Waals surface area contributed by atoms with Gasteiger partial charge in [-0.15, -0.1) is 0 Å². The van der Waals surface area contributed by atoms with Gasteiger partial charge in [0.2, 0.25) is 5.91 Å². The third kappa shape index (κ3) is 3.03. The highest BCUT2D eigenvalue weighted by Crippen LogP contribution is 2.24. The van der Waals surface area contributed by atoms with E-state index in [1.165, 1.54) is 19.1 Å². The van der Waals surface area contributed by atoms with Crippen molar-refractivity contribution in [1.82, 2.24) is 4.90 Å². The average Bonchev–Trinajstić information content (AvgIpc) is 2.40. The number of hydrogen-bond acceptors (Lipinski definition) is 2. The number of carbonyl (C=O) groups is 1. The summed E-state index contributed by atoms with van der Waals surface area (Å²) in [5, 5.41) is 2.93. The van der Waals surface area contributed by atoms with Crippen LogP contribution in [0.15, 0.2) is 12.1 Å². The van der Waals surface area contributed by atoms with Crippen LogP contribution in [-0.2, 0) is 4.79 Å². The van der Waals surface area contributed by atoms with E-state index in [0.717, 1.165) is 0 Å². The number of likely N-dealkylation sites (tertiary alicyclic amines) is 1. The third-order valence-electron chi connectivity index (χ3n) is 3.57. The fraction of sp³-hybridized carbons (Fsp3) is 0.500. The Morgan fingerprint density at radius 3 is 2.53 bits per heavy atom. The summed E-state index contributed by atoms with van der Waals surface area (Å²) in [4.78, 5) is 13.0. The highest BCUT2D eigenvalue weighted by Gasteiger charge is 2.22. The lowest BCUT2D eigenvalue weighted by Crippen LogP contribution is -2.41. The van der Waals surface area contributed by atoms with Crippen LogP contribution in [0, 0.1) is 18.6 Å². The van der Waals surface area contributed by atoms with Crippen molar-refractivity contribution in [2.45, 2.75) is 32.7 Å². The van der Waals surface area contributed by atoms with Crippen LogP contribution in [0.4, 0.5) is 14.5 Å². The molecule has 3 nitrogen and oxygen atoms in total. The lowest BCUT2D eigenvalue weighted by molar-refractivity contribution is -0.129. The van der Waals surface area contributed by atoms with Gasteiger partial charge in [0, 0.05) is 26.1 Å². The number of nitrogens with one attached hydrogen (secondary N) is 1. The van der Waals surface area contributed by atoms with Crippen molar-refractivity contribution in [3.8, 4) is 0 Å². The van der Waals surface area contributed by atoms with E-state index in [1.54, 1.807) is 11.8 Å². The van der Waals surface area contributed by atoms with E-state index in [4.69, 9.17) is 0 Å². The number of benzene rings is 1. The Kier molecular flexibility index (Phi) is 4.02. The molecule has 0 saturated carbocycles. The highest BCUT2D eigenvalue weighted by atomic mass is 19.1. The largest absolute Gasteiger partial charge is 0.377 e. The monoisotopic (exact) mass is 268 g/mol. The predicted molar refractivity (Wildman–Crippen MR) is 70.0 cm³/mol. The molecule has 1 heterocycles. The van der Waals surface area contributed by atoms with Gasteiger partial charge in [0.1, 0.15) is 11.5 Å². The molecule has 1 aliphatic heterocycles. The second-order valence-electron chi connectivity index (χ2n) is 4.98. The van der Waals surface area contributed by atoms with Crippen molar-refractivity contribution in [2.75, 3.05) is 18.4 Å². The van der Waals surface area contributed by atoms with Crippen LogP contribution in [0.1, 0.15) is 25.3 Å². The summed E-state index contributed by atoms with van der Waals surface area (Å²) in [7, 11) is 0. The van der Waals surface area contributed by atoms with Gasteiger partial charge in [0.15, 0.2) is 5.82 Å². The van der Waals surface area contributed by atoms with Crippen molar-refractivity contribution >= 4 is 11.6 Å². The van der Waals surface area contributed by atoms with Gasteiger partial charge < -0.3 is 10.2 Å². The van der Waals surface area contributed by atoms with E-state index in [1.807, 2.05) is 0 Å². The van der Waals surface area contributed by atoms with E-state index in [9.17, 15) is 13.6 Å². The average molecular weight is 268 g/mol. The third-order valence-corrected chi connectivity index (χ3v) is 3.57. The first-order chi connectivity index (χ1) is 8.99. The fourth-order valence-corrected chi connectivity index (χ4v) is 2.33. The van der Waals surface area contributed by atoms with Crippen molar-refractivity contribution in [3.05, 3.63) is 29.3 Å². The number of nitrogens with zero attached hydrogens (tertiary/aromatic N) is 1. The number of hydrogen-bond donors (Lipinski definition) is 1. The Hall–Kier alpha value is -1.65. The summed E-state index contributed by atoms with van der Waals surface area (Å²) in [6, 6.07) is 2.70. The van der Waals surface area contributed by atoms with Crippen LogP contribution in [0.5, 0.6) is 0 Å². The standard InChI is InChI=1S/C14H18F2N2O/c1-9-3-4-12(15)14(13(9)16)17-11-5-7-18(8-6-11)10(2)19/h3-4,11,17H,5-8H2,1-2H3. The zero-order valence-corrected chi connectivity index (χ0v) is 11.2. The number of anilines is 1. The Labute approximate surface area is 111 Å². The molecule has 1 aromatic carbocycles. The quantitative estimate of drug-likeness (QED) is 0.894. The molecule has 0 atom stereocenters. The molecule has 0 bridgehead atoms. The molecule has 1 amide bonds. The Morgan fingerprint density at radius 2 is 1.95 bits per heavy atom. The molecule has 1 N–H and O–H groups in total. The number of carbonyl (C=O) groups excluding carboxylic acids is 1. The van der Waals surface area contributed by atoms with E-state index in [-0.39, 0.29) is 17.6 Å². The van der Waals surface area contributed by atoms with Crippen molar-refractivity contribution in [3.63, 3.8) is 0 Å². The molecule has 1 fully saturated rings. The van der Waals surface area contributed by atoms with Gasteiger partial charge in [-0.1, -0.05) is 6.07 Å². The summed E-state index contributed by atoms with van der Waals surface area (Å²) in [6.45, 7) is 4.40. The lowest BCUT2D eigenvalue weighted by Gasteiger charge is -2.32. The number of aryl methyl sites for hydroxylation is 1. The summed E-state index contributed by atoms with van der Waals surface area (Å²) in [5.74, 6) is -1.06. The van der Waals surface area contributed by atoms with Crippen LogP contribution in [-0.4, -0.2) is 29.9 Å². The zero-order chi connectivity index (χ0) is 14.0. The molecular formula is C14H18F2N2O. The predicted octanol–water partition coefficient (Wildman–Crippen LogP) is 2.70. The maximum absolute atomic E-state index is 13.9. The Morgan fingerprint density at radius 1 is 1.32 bits per heavy atom. The van der Waals surface area contributed by atoms with Crippen molar-refractivity contribution in [2.24, 2.45) is 0 Å². The molecule has 5 heteroatoms. The van der Waals surface area contributed by atoms with Gasteiger partial charge in [-0.05, 0) is 31.4 Å². The molecule has 0 unspecified atom stereocenters. The normalized spacial score (nSPS) is 16.5. The molecule has 104 valence electrons. The maximum Gasteiger partial charge on any atom is 0.219 e. The summed E-state index contributed by atoms with van der Waals surface area (Å²) < 4.78 is 27.5. The molecule has 0 spiro atoms. The highest BCUT2D eigenvalue weighted by molar-refractivity contribution is 5.73. The molecule has 2 rings (SSSR count). The number of rotatable bonds is 2. The topological polar surface area (TPSA) is 32.3 Å². The van der Waals surface area contributed by atoms with E-state index >= 15 is 0 Å². The zero-order valence-electron chi connectivity index (χ0n) is 11.2. The molecule has 1 aliphatic rings. The molecule has 0 aliphatic carbocycles. The smallest absolute Gasteiger partial charge is 0.219 e.